The molecule has 1 amide bonds. The summed E-state index contributed by atoms with van der Waals surface area (Å²) < 4.78 is 12.7. The van der Waals surface area contributed by atoms with Gasteiger partial charge in [-0.15, -0.1) is 0 Å². The highest BCUT2D eigenvalue weighted by Gasteiger charge is 2.14. The molecule has 5 nitrogen and oxygen atoms in total. The van der Waals surface area contributed by atoms with Gasteiger partial charge in [-0.3, -0.25) is 4.79 Å². The van der Waals surface area contributed by atoms with E-state index in [2.05, 4.69) is 0 Å². The zero-order valence-corrected chi connectivity index (χ0v) is 14.7. The van der Waals surface area contributed by atoms with Crippen molar-refractivity contribution >= 4 is 16.8 Å². The Morgan fingerprint density at radius 1 is 1.08 bits per heavy atom. The van der Waals surface area contributed by atoms with Crippen LogP contribution >= 0.6 is 0 Å². The van der Waals surface area contributed by atoms with Gasteiger partial charge in [-0.1, -0.05) is 30.3 Å². The lowest BCUT2D eigenvalue weighted by molar-refractivity contribution is -0.131. The third-order valence-electron chi connectivity index (χ3n) is 4.27. The van der Waals surface area contributed by atoms with Gasteiger partial charge in [-0.05, 0) is 11.6 Å². The molecule has 1 aromatic heterocycles. The number of ether oxygens (including phenoxy) is 2. The highest BCUT2D eigenvalue weighted by molar-refractivity contribution is 5.89. The van der Waals surface area contributed by atoms with Gasteiger partial charge in [0.2, 0.25) is 5.91 Å². The van der Waals surface area contributed by atoms with E-state index >= 15 is 0 Å². The van der Waals surface area contributed by atoms with Gasteiger partial charge in [0, 0.05) is 37.3 Å². The van der Waals surface area contributed by atoms with Gasteiger partial charge in [0.15, 0.2) is 0 Å². The van der Waals surface area contributed by atoms with Crippen LogP contribution in [-0.4, -0.2) is 36.6 Å². The summed E-state index contributed by atoms with van der Waals surface area (Å²) in [6.45, 7) is 0.856. The van der Waals surface area contributed by atoms with Crippen LogP contribution < -0.4 is 9.47 Å². The second kappa shape index (κ2) is 7.30. The summed E-state index contributed by atoms with van der Waals surface area (Å²) in [5.74, 6) is 1.48. The molecular formula is C20H22N2O3. The molecule has 0 N–H and O–H groups in total. The van der Waals surface area contributed by atoms with E-state index in [1.165, 1.54) is 0 Å². The highest BCUT2D eigenvalue weighted by atomic mass is 16.5. The predicted octanol–water partition coefficient (Wildman–Crippen LogP) is 3.32. The maximum atomic E-state index is 12.6. The van der Waals surface area contributed by atoms with Crippen molar-refractivity contribution in [2.75, 3.05) is 21.3 Å². The summed E-state index contributed by atoms with van der Waals surface area (Å²) in [6, 6.07) is 15.7. The fourth-order valence-corrected chi connectivity index (χ4v) is 2.87. The van der Waals surface area contributed by atoms with Crippen LogP contribution in [-0.2, 0) is 17.9 Å². The molecule has 0 fully saturated rings. The Kier molecular flexibility index (Phi) is 4.93. The van der Waals surface area contributed by atoms with Crippen LogP contribution in [0.5, 0.6) is 11.5 Å². The average molecular weight is 338 g/mol. The first-order valence-corrected chi connectivity index (χ1v) is 8.11. The maximum Gasteiger partial charge on any atom is 0.242 e. The molecule has 0 atom stereocenters. The second-order valence-electron chi connectivity index (χ2n) is 5.94. The number of methoxy groups -OCH3 is 2. The largest absolute Gasteiger partial charge is 0.497 e. The molecule has 130 valence electrons. The Balaban J connectivity index is 1.81. The number of nitrogens with zero attached hydrogens (tertiary/aromatic N) is 2. The quantitative estimate of drug-likeness (QED) is 0.692. The molecule has 0 aliphatic rings. The van der Waals surface area contributed by atoms with E-state index in [1.807, 2.05) is 66.3 Å². The lowest BCUT2D eigenvalue weighted by Crippen LogP contribution is -2.29. The number of hydrogen-bond donors (Lipinski definition) is 0. The first-order valence-electron chi connectivity index (χ1n) is 8.11. The van der Waals surface area contributed by atoms with E-state index < -0.39 is 0 Å². The topological polar surface area (TPSA) is 43.7 Å². The van der Waals surface area contributed by atoms with Gasteiger partial charge < -0.3 is 18.9 Å². The number of carbonyl (C=O) groups is 1. The molecular weight excluding hydrogens is 316 g/mol. The molecule has 0 bridgehead atoms. The average Bonchev–Trinajstić information content (AvgIpc) is 3.04. The number of amides is 1. The van der Waals surface area contributed by atoms with Crippen molar-refractivity contribution in [3.05, 3.63) is 60.3 Å². The molecule has 1 heterocycles. The maximum absolute atomic E-state index is 12.6. The number of carbonyl (C=O) groups excluding carboxylic acids is 1. The Labute approximate surface area is 147 Å². The molecule has 0 radical (unpaired) electrons. The predicted molar refractivity (Wildman–Crippen MR) is 98.0 cm³/mol. The fourth-order valence-electron chi connectivity index (χ4n) is 2.87. The van der Waals surface area contributed by atoms with Gasteiger partial charge in [-0.25, -0.2) is 0 Å². The molecule has 0 aliphatic carbocycles. The number of likely N-dealkylation sites (N-methyl/N-ethyl adjacent to an activating group) is 1. The first-order chi connectivity index (χ1) is 12.1. The van der Waals surface area contributed by atoms with Crippen molar-refractivity contribution in [3.8, 4) is 11.5 Å². The normalized spacial score (nSPS) is 10.7. The van der Waals surface area contributed by atoms with Gasteiger partial charge in [-0.2, -0.15) is 0 Å². The molecule has 5 heteroatoms. The Hall–Kier alpha value is -2.95. The molecule has 3 aromatic rings. The monoisotopic (exact) mass is 338 g/mol. The number of aromatic nitrogens is 1. The minimum Gasteiger partial charge on any atom is -0.497 e. The van der Waals surface area contributed by atoms with Crippen molar-refractivity contribution in [2.24, 2.45) is 0 Å². The van der Waals surface area contributed by atoms with E-state index in [1.54, 1.807) is 19.1 Å². The fraction of sp³-hybridized carbons (Fsp3) is 0.250. The Morgan fingerprint density at radius 2 is 1.84 bits per heavy atom. The lowest BCUT2D eigenvalue weighted by atomic mass is 10.2. The molecule has 25 heavy (non-hydrogen) atoms. The van der Waals surface area contributed by atoms with Crippen LogP contribution in [0, 0.1) is 0 Å². The molecule has 0 saturated heterocycles. The summed E-state index contributed by atoms with van der Waals surface area (Å²) in [5.41, 5.74) is 2.02. The summed E-state index contributed by atoms with van der Waals surface area (Å²) in [6.07, 6.45) is 1.90. The minimum absolute atomic E-state index is 0.0446. The highest BCUT2D eigenvalue weighted by Crippen LogP contribution is 2.31. The van der Waals surface area contributed by atoms with Crippen molar-refractivity contribution in [2.45, 2.75) is 13.1 Å². The van der Waals surface area contributed by atoms with Crippen molar-refractivity contribution in [1.82, 2.24) is 9.47 Å². The van der Waals surface area contributed by atoms with Gasteiger partial charge in [0.05, 0.1) is 19.7 Å². The molecule has 0 unspecified atom stereocenters. The minimum atomic E-state index is 0.0446. The molecule has 0 saturated carbocycles. The molecule has 3 rings (SSSR count). The van der Waals surface area contributed by atoms with Crippen LogP contribution in [0.1, 0.15) is 5.56 Å². The number of hydrogen-bond acceptors (Lipinski definition) is 3. The first kappa shape index (κ1) is 16.9. The van der Waals surface area contributed by atoms with Crippen molar-refractivity contribution < 1.29 is 14.3 Å². The molecule has 0 aliphatic heterocycles. The summed E-state index contributed by atoms with van der Waals surface area (Å²) in [5, 5.41) is 0.960. The molecule has 2 aromatic carbocycles. The van der Waals surface area contributed by atoms with Crippen LogP contribution in [0.15, 0.2) is 54.7 Å². The van der Waals surface area contributed by atoms with Crippen LogP contribution in [0.2, 0.25) is 0 Å². The van der Waals surface area contributed by atoms with Crippen molar-refractivity contribution in [3.63, 3.8) is 0 Å². The Bertz CT molecular complexity index is 871. The van der Waals surface area contributed by atoms with E-state index in [4.69, 9.17) is 9.47 Å². The van der Waals surface area contributed by atoms with E-state index in [0.717, 1.165) is 22.2 Å². The van der Waals surface area contributed by atoms with E-state index in [-0.39, 0.29) is 12.5 Å². The number of benzene rings is 2. The van der Waals surface area contributed by atoms with Gasteiger partial charge >= 0.3 is 0 Å². The third kappa shape index (κ3) is 3.60. The number of rotatable bonds is 6. The van der Waals surface area contributed by atoms with E-state index in [0.29, 0.717) is 12.3 Å². The third-order valence-corrected chi connectivity index (χ3v) is 4.27. The van der Waals surface area contributed by atoms with Gasteiger partial charge in [0.25, 0.3) is 0 Å². The van der Waals surface area contributed by atoms with Crippen LogP contribution in [0.3, 0.4) is 0 Å². The SMILES string of the molecule is COc1cc(OC)c2ccn(CC(=O)N(C)Cc3ccccc3)c2c1. The summed E-state index contributed by atoms with van der Waals surface area (Å²) in [4.78, 5) is 14.3. The summed E-state index contributed by atoms with van der Waals surface area (Å²) >= 11 is 0. The smallest absolute Gasteiger partial charge is 0.242 e. The standard InChI is InChI=1S/C20H22N2O3/c1-21(13-15-7-5-4-6-8-15)20(23)14-22-10-9-17-18(22)11-16(24-2)12-19(17)25-3/h4-12H,13-14H2,1-3H3. The second-order valence-corrected chi connectivity index (χ2v) is 5.94. The van der Waals surface area contributed by atoms with Crippen LogP contribution in [0.4, 0.5) is 0 Å². The van der Waals surface area contributed by atoms with Crippen molar-refractivity contribution in [1.29, 1.82) is 0 Å². The number of fused-ring (bicyclic) bond motifs is 1. The Morgan fingerprint density at radius 3 is 2.52 bits per heavy atom. The van der Waals surface area contributed by atoms with E-state index in [9.17, 15) is 4.79 Å². The zero-order chi connectivity index (χ0) is 17.8. The lowest BCUT2D eigenvalue weighted by Gasteiger charge is -2.18. The van der Waals surface area contributed by atoms with Crippen LogP contribution in [0.25, 0.3) is 10.9 Å². The summed E-state index contributed by atoms with van der Waals surface area (Å²) in [7, 11) is 5.07. The molecule has 0 spiro atoms. The van der Waals surface area contributed by atoms with Gasteiger partial charge in [0.1, 0.15) is 18.0 Å². The zero-order valence-electron chi connectivity index (χ0n) is 14.7.